The van der Waals surface area contributed by atoms with E-state index in [1.54, 1.807) is 0 Å². The highest BCUT2D eigenvalue weighted by atomic mass is 79.9. The van der Waals surface area contributed by atoms with Gasteiger partial charge in [-0.2, -0.15) is 11.8 Å². The zero-order valence-electron chi connectivity index (χ0n) is 11.2. The lowest BCUT2D eigenvalue weighted by molar-refractivity contribution is 0.0600. The number of carbonyl (C=O) groups is 1. The number of esters is 1. The Hall–Kier alpha value is -0.520. The van der Waals surface area contributed by atoms with Gasteiger partial charge in [0.1, 0.15) is 0 Å². The van der Waals surface area contributed by atoms with Crippen LogP contribution in [0.1, 0.15) is 22.8 Å². The molecule has 0 aliphatic carbocycles. The van der Waals surface area contributed by atoms with E-state index in [9.17, 15) is 4.79 Å². The molecule has 1 unspecified atom stereocenters. The normalized spacial score (nSPS) is 20.3. The van der Waals surface area contributed by atoms with Crippen LogP contribution in [-0.2, 0) is 11.3 Å². The number of nitrogens with zero attached hydrogens (tertiary/aromatic N) is 1. The highest BCUT2D eigenvalue weighted by molar-refractivity contribution is 9.10. The predicted octanol–water partition coefficient (Wildman–Crippen LogP) is 3.17. The molecular formula is C14H18BrNO2S. The van der Waals surface area contributed by atoms with Gasteiger partial charge in [0.25, 0.3) is 0 Å². The summed E-state index contributed by atoms with van der Waals surface area (Å²) < 4.78 is 5.70. The summed E-state index contributed by atoms with van der Waals surface area (Å²) in [4.78, 5) is 13.9. The van der Waals surface area contributed by atoms with E-state index in [4.69, 9.17) is 4.74 Å². The van der Waals surface area contributed by atoms with Gasteiger partial charge in [0.2, 0.25) is 0 Å². The number of benzene rings is 1. The minimum Gasteiger partial charge on any atom is -0.465 e. The second-order valence-electron chi connectivity index (χ2n) is 4.71. The topological polar surface area (TPSA) is 29.5 Å². The molecule has 0 radical (unpaired) electrons. The first-order valence-corrected chi connectivity index (χ1v) is 8.15. The molecule has 2 rings (SSSR count). The van der Waals surface area contributed by atoms with Crippen molar-refractivity contribution in [3.8, 4) is 0 Å². The van der Waals surface area contributed by atoms with E-state index in [0.717, 1.165) is 24.1 Å². The third kappa shape index (κ3) is 3.97. The number of rotatable bonds is 3. The van der Waals surface area contributed by atoms with Crippen molar-refractivity contribution in [1.29, 1.82) is 0 Å². The molecule has 1 aromatic rings. The first-order chi connectivity index (χ1) is 9.10. The maximum Gasteiger partial charge on any atom is 0.337 e. The highest BCUT2D eigenvalue weighted by Gasteiger charge is 2.18. The zero-order valence-corrected chi connectivity index (χ0v) is 13.6. The van der Waals surface area contributed by atoms with Crippen molar-refractivity contribution in [3.63, 3.8) is 0 Å². The molecule has 1 aliphatic heterocycles. The summed E-state index contributed by atoms with van der Waals surface area (Å²) in [6.07, 6.45) is 0. The maximum atomic E-state index is 11.5. The van der Waals surface area contributed by atoms with Crippen LogP contribution in [0.5, 0.6) is 0 Å². The second-order valence-corrected chi connectivity index (χ2v) is 7.11. The van der Waals surface area contributed by atoms with E-state index >= 15 is 0 Å². The standard InChI is InChI=1S/C14H18BrNO2S/c1-10-8-16(5-6-19-10)9-12-4-3-11(7-13(12)15)14(17)18-2/h3-4,7,10H,5-6,8-9H2,1-2H3. The van der Waals surface area contributed by atoms with Crippen LogP contribution < -0.4 is 0 Å². The van der Waals surface area contributed by atoms with Gasteiger partial charge in [0.15, 0.2) is 0 Å². The van der Waals surface area contributed by atoms with Crippen molar-refractivity contribution in [2.45, 2.75) is 18.7 Å². The molecule has 1 heterocycles. The van der Waals surface area contributed by atoms with Crippen LogP contribution in [0.4, 0.5) is 0 Å². The van der Waals surface area contributed by atoms with E-state index < -0.39 is 0 Å². The third-order valence-corrected chi connectivity index (χ3v) is 5.07. The van der Waals surface area contributed by atoms with Crippen molar-refractivity contribution in [3.05, 3.63) is 33.8 Å². The van der Waals surface area contributed by atoms with E-state index in [2.05, 4.69) is 27.8 Å². The van der Waals surface area contributed by atoms with Gasteiger partial charge in [0.05, 0.1) is 12.7 Å². The number of hydrogen-bond acceptors (Lipinski definition) is 4. The monoisotopic (exact) mass is 343 g/mol. The Labute approximate surface area is 126 Å². The number of thioether (sulfide) groups is 1. The average molecular weight is 344 g/mol. The Balaban J connectivity index is 2.06. The first kappa shape index (κ1) is 14.9. The van der Waals surface area contributed by atoms with Gasteiger partial charge < -0.3 is 4.74 Å². The molecule has 104 valence electrons. The SMILES string of the molecule is COC(=O)c1ccc(CN2CCSC(C)C2)c(Br)c1. The Kier molecular flexibility index (Phi) is 5.30. The molecule has 1 atom stereocenters. The van der Waals surface area contributed by atoms with Gasteiger partial charge in [0, 0.05) is 35.1 Å². The second kappa shape index (κ2) is 6.77. The molecule has 1 aliphatic rings. The van der Waals surface area contributed by atoms with Gasteiger partial charge in [-0.05, 0) is 17.7 Å². The maximum absolute atomic E-state index is 11.5. The molecule has 1 saturated heterocycles. The largest absolute Gasteiger partial charge is 0.465 e. The molecule has 0 N–H and O–H groups in total. The molecule has 3 nitrogen and oxygen atoms in total. The molecule has 5 heteroatoms. The van der Waals surface area contributed by atoms with Gasteiger partial charge >= 0.3 is 5.97 Å². The van der Waals surface area contributed by atoms with Crippen molar-refractivity contribution in [1.82, 2.24) is 4.90 Å². The summed E-state index contributed by atoms with van der Waals surface area (Å²) in [5.41, 5.74) is 1.80. The first-order valence-electron chi connectivity index (χ1n) is 6.31. The minimum absolute atomic E-state index is 0.296. The predicted molar refractivity (Wildman–Crippen MR) is 82.7 cm³/mol. The summed E-state index contributed by atoms with van der Waals surface area (Å²) in [5, 5.41) is 0.696. The molecule has 19 heavy (non-hydrogen) atoms. The van der Waals surface area contributed by atoms with Gasteiger partial charge in [-0.1, -0.05) is 28.9 Å². The van der Waals surface area contributed by atoms with Crippen LogP contribution in [0.25, 0.3) is 0 Å². The average Bonchev–Trinajstić information content (AvgIpc) is 2.40. The molecule has 0 bridgehead atoms. The summed E-state index contributed by atoms with van der Waals surface area (Å²) in [6, 6.07) is 5.67. The lowest BCUT2D eigenvalue weighted by atomic mass is 10.1. The molecule has 0 saturated carbocycles. The number of carbonyl (C=O) groups excluding carboxylic acids is 1. The minimum atomic E-state index is -0.296. The van der Waals surface area contributed by atoms with Crippen LogP contribution in [-0.4, -0.2) is 42.1 Å². The Morgan fingerprint density at radius 1 is 1.58 bits per heavy atom. The van der Waals surface area contributed by atoms with E-state index in [-0.39, 0.29) is 5.97 Å². The third-order valence-electron chi connectivity index (χ3n) is 3.19. The molecule has 1 aromatic carbocycles. The Bertz CT molecular complexity index is 467. The van der Waals surface area contributed by atoms with Crippen LogP contribution in [0, 0.1) is 0 Å². The van der Waals surface area contributed by atoms with Gasteiger partial charge in [-0.3, -0.25) is 4.90 Å². The molecule has 0 aromatic heterocycles. The lowest BCUT2D eigenvalue weighted by Gasteiger charge is -2.30. The Morgan fingerprint density at radius 3 is 3.00 bits per heavy atom. The fourth-order valence-electron chi connectivity index (χ4n) is 2.20. The summed E-state index contributed by atoms with van der Waals surface area (Å²) in [6.45, 7) is 5.44. The van der Waals surface area contributed by atoms with Gasteiger partial charge in [-0.15, -0.1) is 0 Å². The highest BCUT2D eigenvalue weighted by Crippen LogP contribution is 2.24. The Morgan fingerprint density at radius 2 is 2.37 bits per heavy atom. The van der Waals surface area contributed by atoms with Crippen LogP contribution in [0.2, 0.25) is 0 Å². The number of ether oxygens (including phenoxy) is 1. The zero-order chi connectivity index (χ0) is 13.8. The molecular weight excluding hydrogens is 326 g/mol. The van der Waals surface area contributed by atoms with Crippen molar-refractivity contribution < 1.29 is 9.53 Å². The van der Waals surface area contributed by atoms with Crippen LogP contribution >= 0.6 is 27.7 Å². The number of halogens is 1. The lowest BCUT2D eigenvalue weighted by Crippen LogP contribution is -2.36. The van der Waals surface area contributed by atoms with Crippen molar-refractivity contribution in [2.24, 2.45) is 0 Å². The number of hydrogen-bond donors (Lipinski definition) is 0. The fraction of sp³-hybridized carbons (Fsp3) is 0.500. The van der Waals surface area contributed by atoms with Crippen molar-refractivity contribution in [2.75, 3.05) is 26.0 Å². The summed E-state index contributed by atoms with van der Waals surface area (Å²) in [7, 11) is 1.40. The van der Waals surface area contributed by atoms with E-state index in [0.29, 0.717) is 10.8 Å². The van der Waals surface area contributed by atoms with Crippen LogP contribution in [0.3, 0.4) is 0 Å². The van der Waals surface area contributed by atoms with Crippen molar-refractivity contribution >= 4 is 33.7 Å². The molecule has 0 amide bonds. The molecule has 0 spiro atoms. The summed E-state index contributed by atoms with van der Waals surface area (Å²) in [5.74, 6) is 0.897. The van der Waals surface area contributed by atoms with Crippen LogP contribution in [0.15, 0.2) is 22.7 Å². The van der Waals surface area contributed by atoms with E-state index in [1.165, 1.54) is 18.4 Å². The van der Waals surface area contributed by atoms with Gasteiger partial charge in [-0.25, -0.2) is 4.79 Å². The fourth-order valence-corrected chi connectivity index (χ4v) is 3.78. The smallest absolute Gasteiger partial charge is 0.337 e. The summed E-state index contributed by atoms with van der Waals surface area (Å²) >= 11 is 5.58. The number of methoxy groups -OCH3 is 1. The quantitative estimate of drug-likeness (QED) is 0.788. The van der Waals surface area contributed by atoms with E-state index in [1.807, 2.05) is 30.0 Å². The molecule has 1 fully saturated rings.